The number of hydrogen-bond donors (Lipinski definition) is 0. The van der Waals surface area contributed by atoms with Gasteiger partial charge in [0, 0.05) is 13.2 Å². The number of rotatable bonds is 2. The zero-order chi connectivity index (χ0) is 19.9. The topological polar surface area (TPSA) is 16.8 Å². The van der Waals surface area contributed by atoms with Crippen molar-refractivity contribution in [3.63, 3.8) is 0 Å². The summed E-state index contributed by atoms with van der Waals surface area (Å²) in [6.45, 7) is 0. The van der Waals surface area contributed by atoms with Crippen molar-refractivity contribution in [2.24, 2.45) is 0 Å². The minimum Gasteiger partial charge on any atom is -0.321 e. The van der Waals surface area contributed by atoms with Gasteiger partial charge >= 0.3 is 20.1 Å². The maximum atomic E-state index is 4.45. The Bertz CT molecular complexity index is 1200. The Morgan fingerprint density at radius 2 is 1.37 bits per heavy atom. The molecular weight excluding hydrogens is 545 g/mol. The molecule has 0 saturated carbocycles. The first-order valence-corrected chi connectivity index (χ1v) is 9.42. The smallest absolute Gasteiger partial charge is 0.321 e. The maximum absolute atomic E-state index is 4.45. The Labute approximate surface area is 191 Å². The molecule has 0 N–H and O–H groups in total. The Kier molecular flexibility index (Phi) is 7.50. The third-order valence-corrected chi connectivity index (χ3v) is 4.56. The van der Waals surface area contributed by atoms with Gasteiger partial charge in [0.1, 0.15) is 5.69 Å². The third-order valence-electron chi connectivity index (χ3n) is 4.56. The van der Waals surface area contributed by atoms with Gasteiger partial charge in [0.2, 0.25) is 0 Å². The van der Waals surface area contributed by atoms with Crippen LogP contribution in [0, 0.1) is 19.2 Å². The summed E-state index contributed by atoms with van der Waals surface area (Å²) in [7, 11) is 3.89. The summed E-state index contributed by atoms with van der Waals surface area (Å²) in [6.07, 6.45) is 3.77. The molecule has 0 aliphatic rings. The molecular formula is C27H20IrN2+. The normalized spacial score (nSPS) is 9.87. The van der Waals surface area contributed by atoms with Crippen molar-refractivity contribution in [2.75, 3.05) is 0 Å². The van der Waals surface area contributed by atoms with E-state index in [1.165, 1.54) is 10.8 Å². The van der Waals surface area contributed by atoms with Gasteiger partial charge in [-0.05, 0) is 28.6 Å². The Balaban J connectivity index is 0.000000169. The fourth-order valence-corrected chi connectivity index (χ4v) is 3.15. The average Bonchev–Trinajstić information content (AvgIpc) is 2.81. The molecule has 0 fully saturated rings. The maximum Gasteiger partial charge on any atom is 3.00 e. The van der Waals surface area contributed by atoms with E-state index >= 15 is 0 Å². The van der Waals surface area contributed by atoms with Crippen LogP contribution in [0.4, 0.5) is 0 Å². The number of hydrogen-bond acceptors (Lipinski definition) is 1. The van der Waals surface area contributed by atoms with Crippen molar-refractivity contribution >= 4 is 10.8 Å². The standard InChI is InChI=1S/C15H10N.C12H10N.Ir/c1-2-7-13(8-3-1)15-14-9-5-4-6-12(14)10-11-16-15;1-13-10-6-5-9-12(13)11-7-3-2-4-8-11;/h1-7,9-11H;2-7,9-10H,1H2;/q2*-1;+3. The first-order valence-electron chi connectivity index (χ1n) is 9.42. The van der Waals surface area contributed by atoms with E-state index in [1.54, 1.807) is 0 Å². The molecule has 0 bridgehead atoms. The van der Waals surface area contributed by atoms with Gasteiger partial charge in [0.15, 0.2) is 0 Å². The predicted molar refractivity (Wildman–Crippen MR) is 118 cm³/mol. The quantitative estimate of drug-likeness (QED) is 0.196. The Morgan fingerprint density at radius 3 is 2.07 bits per heavy atom. The van der Waals surface area contributed by atoms with Gasteiger partial charge in [0.05, 0.1) is 6.20 Å². The minimum atomic E-state index is 0. The van der Waals surface area contributed by atoms with Gasteiger partial charge in [0.25, 0.3) is 0 Å². The largest absolute Gasteiger partial charge is 3.00 e. The van der Waals surface area contributed by atoms with Crippen molar-refractivity contribution in [2.45, 2.75) is 0 Å². The number of fused-ring (bicyclic) bond motifs is 1. The van der Waals surface area contributed by atoms with Crippen LogP contribution in [-0.4, -0.2) is 4.98 Å². The van der Waals surface area contributed by atoms with E-state index in [-0.39, 0.29) is 20.1 Å². The van der Waals surface area contributed by atoms with E-state index < -0.39 is 0 Å². The SMILES string of the molecule is [CH2-][n+]1ccccc1-c1[c-]cccc1.[Ir+3].[c-]1ccccc1-c1nccc2ccccc12. The van der Waals surface area contributed by atoms with Crippen LogP contribution in [0.5, 0.6) is 0 Å². The van der Waals surface area contributed by atoms with Crippen molar-refractivity contribution in [1.82, 2.24) is 4.98 Å². The van der Waals surface area contributed by atoms with E-state index in [9.17, 15) is 0 Å². The fourth-order valence-electron chi connectivity index (χ4n) is 3.15. The molecule has 0 atom stereocenters. The van der Waals surface area contributed by atoms with Crippen LogP contribution >= 0.6 is 0 Å². The molecule has 0 saturated heterocycles. The molecule has 30 heavy (non-hydrogen) atoms. The van der Waals surface area contributed by atoms with E-state index in [1.807, 2.05) is 102 Å². The second-order valence-corrected chi connectivity index (χ2v) is 6.49. The summed E-state index contributed by atoms with van der Waals surface area (Å²) >= 11 is 0. The third kappa shape index (κ3) is 5.01. The molecule has 3 aromatic carbocycles. The van der Waals surface area contributed by atoms with Crippen LogP contribution in [-0.2, 0) is 20.1 Å². The zero-order valence-corrected chi connectivity index (χ0v) is 18.7. The summed E-state index contributed by atoms with van der Waals surface area (Å²) in [5.74, 6) is 0. The molecule has 0 unspecified atom stereocenters. The second-order valence-electron chi connectivity index (χ2n) is 6.49. The summed E-state index contributed by atoms with van der Waals surface area (Å²) in [6, 6.07) is 38.5. The van der Waals surface area contributed by atoms with Gasteiger partial charge in [-0.3, -0.25) is 0 Å². The van der Waals surface area contributed by atoms with Gasteiger partial charge < -0.3 is 9.55 Å². The van der Waals surface area contributed by atoms with E-state index in [4.69, 9.17) is 0 Å². The number of aromatic nitrogens is 2. The average molecular weight is 565 g/mol. The second kappa shape index (κ2) is 10.5. The summed E-state index contributed by atoms with van der Waals surface area (Å²) in [4.78, 5) is 4.45. The molecule has 5 aromatic rings. The fraction of sp³-hybridized carbons (Fsp3) is 0. The predicted octanol–water partition coefficient (Wildman–Crippen LogP) is 5.78. The van der Waals surface area contributed by atoms with Crippen LogP contribution < -0.4 is 4.57 Å². The zero-order valence-electron chi connectivity index (χ0n) is 16.3. The van der Waals surface area contributed by atoms with Crippen molar-refractivity contribution < 1.29 is 24.7 Å². The van der Waals surface area contributed by atoms with Crippen molar-refractivity contribution in [3.05, 3.63) is 129 Å². The number of benzene rings is 3. The molecule has 0 radical (unpaired) electrons. The first kappa shape index (κ1) is 21.4. The van der Waals surface area contributed by atoms with Gasteiger partial charge in [-0.25, -0.2) is 0 Å². The van der Waals surface area contributed by atoms with E-state index in [2.05, 4.69) is 36.3 Å². The summed E-state index contributed by atoms with van der Waals surface area (Å²) in [5, 5.41) is 2.39. The van der Waals surface area contributed by atoms with E-state index in [0.29, 0.717) is 0 Å². The molecule has 0 aliphatic heterocycles. The summed E-state index contributed by atoms with van der Waals surface area (Å²) < 4.78 is 1.84. The molecule has 2 aromatic heterocycles. The Morgan fingerprint density at radius 1 is 0.700 bits per heavy atom. The van der Waals surface area contributed by atoms with Crippen LogP contribution in [0.1, 0.15) is 0 Å². The molecule has 146 valence electrons. The molecule has 2 heterocycles. The molecule has 0 amide bonds. The first-order chi connectivity index (χ1) is 14.3. The van der Waals surface area contributed by atoms with Crippen LogP contribution in [0.2, 0.25) is 0 Å². The van der Waals surface area contributed by atoms with Gasteiger partial charge in [-0.15, -0.1) is 66.2 Å². The Hall–Kier alpha value is -3.26. The van der Waals surface area contributed by atoms with Gasteiger partial charge in [-0.1, -0.05) is 42.0 Å². The van der Waals surface area contributed by atoms with Crippen LogP contribution in [0.25, 0.3) is 33.3 Å². The molecule has 0 spiro atoms. The van der Waals surface area contributed by atoms with Crippen molar-refractivity contribution in [1.29, 1.82) is 0 Å². The molecule has 3 heteroatoms. The van der Waals surface area contributed by atoms with Crippen LogP contribution in [0.3, 0.4) is 0 Å². The van der Waals surface area contributed by atoms with Crippen LogP contribution in [0.15, 0.2) is 109 Å². The summed E-state index contributed by atoms with van der Waals surface area (Å²) in [5.41, 5.74) is 4.18. The molecule has 5 rings (SSSR count). The number of nitrogens with zero attached hydrogens (tertiary/aromatic N) is 2. The molecule has 0 aliphatic carbocycles. The van der Waals surface area contributed by atoms with Gasteiger partial charge in [-0.2, -0.15) is 0 Å². The van der Waals surface area contributed by atoms with E-state index in [0.717, 1.165) is 22.5 Å². The minimum absolute atomic E-state index is 0. The monoisotopic (exact) mass is 565 g/mol. The molecule has 2 nitrogen and oxygen atoms in total. The number of pyridine rings is 2. The van der Waals surface area contributed by atoms with Crippen molar-refractivity contribution in [3.8, 4) is 22.5 Å².